The van der Waals surface area contributed by atoms with E-state index in [1.807, 2.05) is 33.7 Å². The van der Waals surface area contributed by atoms with Crippen molar-refractivity contribution >= 4 is 34.2 Å². The van der Waals surface area contributed by atoms with E-state index in [4.69, 9.17) is 5.21 Å². The largest absolute Gasteiger partial charge is 0.411 e. The van der Waals surface area contributed by atoms with Crippen LogP contribution in [0.4, 0.5) is 0 Å². The zero-order chi connectivity index (χ0) is 14.7. The highest BCUT2D eigenvalue weighted by Gasteiger charge is 2.30. The van der Waals surface area contributed by atoms with Crippen LogP contribution in [-0.2, 0) is 0 Å². The van der Waals surface area contributed by atoms with E-state index in [2.05, 4.69) is 5.16 Å². The number of oxime groups is 1. The lowest BCUT2D eigenvalue weighted by atomic mass is 10.1. The third kappa shape index (κ3) is 4.27. The smallest absolute Gasteiger partial charge is 0.166 e. The molecule has 2 aromatic heterocycles. The van der Waals surface area contributed by atoms with Gasteiger partial charge in [0.25, 0.3) is 0 Å². The molecule has 118 valence electrons. The maximum Gasteiger partial charge on any atom is 0.166 e. The molecule has 2 fully saturated rings. The van der Waals surface area contributed by atoms with E-state index < -0.39 is 0 Å². The molecule has 4 rings (SSSR count). The minimum absolute atomic E-state index is 0. The number of carbonyl (C=O) groups excluding carboxylic acids is 1. The van der Waals surface area contributed by atoms with Crippen molar-refractivity contribution in [2.24, 2.45) is 17.0 Å². The molecule has 0 unspecified atom stereocenters. The second kappa shape index (κ2) is 7.70. The number of thiophene rings is 2. The molecule has 2 aliphatic rings. The lowest BCUT2D eigenvalue weighted by molar-refractivity contribution is 0.0968. The van der Waals surface area contributed by atoms with E-state index >= 15 is 0 Å². The number of nitrogens with zero attached hydrogens (tertiary/aromatic N) is 1. The molecule has 0 spiro atoms. The van der Waals surface area contributed by atoms with Crippen LogP contribution in [0.25, 0.3) is 0 Å². The molecular weight excluding hydrogens is 314 g/mol. The zero-order valence-corrected chi connectivity index (χ0v) is 13.2. The topological polar surface area (TPSA) is 49.7 Å². The lowest BCUT2D eigenvalue weighted by Crippen LogP contribution is -2.00. The first kappa shape index (κ1) is 16.9. The summed E-state index contributed by atoms with van der Waals surface area (Å²) in [4.78, 5) is 11.3. The van der Waals surface area contributed by atoms with Crippen LogP contribution < -0.4 is 0 Å². The molecular formula is C17H21NO2S2. The first-order chi connectivity index (χ1) is 10.3. The fraction of sp³-hybridized carbons (Fsp3) is 0.412. The number of hydrogen-bond donors (Lipinski definition) is 1. The summed E-state index contributed by atoms with van der Waals surface area (Å²) in [6.07, 6.45) is 4.56. The van der Waals surface area contributed by atoms with Crippen molar-refractivity contribution in [3.63, 3.8) is 0 Å². The van der Waals surface area contributed by atoms with E-state index in [0.29, 0.717) is 17.6 Å². The molecule has 2 saturated carbocycles. The van der Waals surface area contributed by atoms with Crippen molar-refractivity contribution in [1.29, 1.82) is 0 Å². The Morgan fingerprint density at radius 3 is 1.95 bits per heavy atom. The van der Waals surface area contributed by atoms with Gasteiger partial charge in [0.1, 0.15) is 0 Å². The molecule has 0 amide bonds. The molecule has 0 bridgehead atoms. The van der Waals surface area contributed by atoms with Gasteiger partial charge in [-0.25, -0.2) is 0 Å². The van der Waals surface area contributed by atoms with Crippen LogP contribution >= 0.6 is 22.7 Å². The van der Waals surface area contributed by atoms with Gasteiger partial charge in [-0.2, -0.15) is 22.7 Å². The number of hydrogen-bond acceptors (Lipinski definition) is 5. The van der Waals surface area contributed by atoms with E-state index in [1.54, 1.807) is 22.7 Å². The third-order valence-corrected chi connectivity index (χ3v) is 5.01. The van der Waals surface area contributed by atoms with Gasteiger partial charge >= 0.3 is 0 Å². The van der Waals surface area contributed by atoms with Gasteiger partial charge in [-0.3, -0.25) is 4.79 Å². The summed E-state index contributed by atoms with van der Waals surface area (Å²) in [6.45, 7) is 0. The molecule has 0 saturated heterocycles. The van der Waals surface area contributed by atoms with Crippen LogP contribution in [-0.4, -0.2) is 16.7 Å². The molecule has 22 heavy (non-hydrogen) atoms. The Morgan fingerprint density at radius 2 is 1.55 bits per heavy atom. The van der Waals surface area contributed by atoms with Gasteiger partial charge in [0.05, 0.1) is 5.71 Å². The van der Waals surface area contributed by atoms with Crippen molar-refractivity contribution in [2.75, 3.05) is 0 Å². The number of Topliss-reactive ketones (excluding diaryl/α,β-unsaturated/α-hetero) is 1. The predicted molar refractivity (Wildman–Crippen MR) is 93.5 cm³/mol. The van der Waals surface area contributed by atoms with Crippen molar-refractivity contribution in [3.8, 4) is 0 Å². The highest BCUT2D eigenvalue weighted by Crippen LogP contribution is 2.34. The number of ketones is 1. The van der Waals surface area contributed by atoms with Crippen LogP contribution in [0.15, 0.2) is 38.8 Å². The Morgan fingerprint density at radius 1 is 1.00 bits per heavy atom. The molecule has 3 nitrogen and oxygen atoms in total. The van der Waals surface area contributed by atoms with Gasteiger partial charge in [-0.05, 0) is 54.0 Å². The van der Waals surface area contributed by atoms with E-state index in [1.165, 1.54) is 12.8 Å². The molecule has 2 aromatic rings. The first-order valence-corrected chi connectivity index (χ1v) is 8.99. The summed E-state index contributed by atoms with van der Waals surface area (Å²) in [7, 11) is 0. The van der Waals surface area contributed by atoms with Crippen molar-refractivity contribution in [1.82, 2.24) is 0 Å². The quantitative estimate of drug-likeness (QED) is 0.356. The second-order valence-corrected chi connectivity index (χ2v) is 6.98. The van der Waals surface area contributed by atoms with E-state index in [9.17, 15) is 4.79 Å². The van der Waals surface area contributed by atoms with Crippen LogP contribution in [0.5, 0.6) is 0 Å². The normalized spacial score (nSPS) is 17.2. The van der Waals surface area contributed by atoms with Crippen LogP contribution in [0.2, 0.25) is 0 Å². The van der Waals surface area contributed by atoms with Crippen LogP contribution in [0.3, 0.4) is 0 Å². The standard InChI is InChI=1S/C8H9NOS.C8H8OS.CH4/c10-9-8(6-1-2-6)7-3-4-11-5-7;9-8(6-1-2-6)7-3-4-10-5-7;/h3-6,10H,1-2H2;3-6H,1-2H2;1H4/b9-8+;;. The summed E-state index contributed by atoms with van der Waals surface area (Å²) in [6, 6.07) is 3.91. The van der Waals surface area contributed by atoms with Crippen LogP contribution in [0, 0.1) is 11.8 Å². The van der Waals surface area contributed by atoms with Crippen molar-refractivity contribution < 1.29 is 10.0 Å². The molecule has 0 radical (unpaired) electrons. The second-order valence-electron chi connectivity index (χ2n) is 5.42. The summed E-state index contributed by atoms with van der Waals surface area (Å²) < 4.78 is 0. The maximum absolute atomic E-state index is 11.3. The van der Waals surface area contributed by atoms with E-state index in [0.717, 1.165) is 29.7 Å². The zero-order valence-electron chi connectivity index (χ0n) is 11.6. The Bertz CT molecular complexity index is 609. The van der Waals surface area contributed by atoms with Gasteiger partial charge < -0.3 is 5.21 Å². The molecule has 2 aliphatic carbocycles. The summed E-state index contributed by atoms with van der Waals surface area (Å²) in [5.41, 5.74) is 2.86. The van der Waals surface area contributed by atoms with Gasteiger partial charge in [-0.15, -0.1) is 0 Å². The molecule has 0 aromatic carbocycles. The fourth-order valence-corrected chi connectivity index (χ4v) is 3.42. The summed E-state index contributed by atoms with van der Waals surface area (Å²) in [5, 5.41) is 19.9. The minimum Gasteiger partial charge on any atom is -0.411 e. The summed E-state index contributed by atoms with van der Waals surface area (Å²) >= 11 is 3.23. The Labute approximate surface area is 139 Å². The van der Waals surface area contributed by atoms with Gasteiger partial charge in [-0.1, -0.05) is 12.6 Å². The Kier molecular flexibility index (Phi) is 5.91. The third-order valence-electron chi connectivity index (χ3n) is 3.64. The average molecular weight is 335 g/mol. The van der Waals surface area contributed by atoms with Crippen molar-refractivity contribution in [2.45, 2.75) is 33.1 Å². The predicted octanol–water partition coefficient (Wildman–Crippen LogP) is 5.31. The molecule has 1 N–H and O–H groups in total. The monoisotopic (exact) mass is 335 g/mol. The minimum atomic E-state index is 0. The number of rotatable bonds is 4. The lowest BCUT2D eigenvalue weighted by Gasteiger charge is -1.95. The van der Waals surface area contributed by atoms with Gasteiger partial charge in [0.2, 0.25) is 0 Å². The van der Waals surface area contributed by atoms with Crippen LogP contribution in [0.1, 0.15) is 49.0 Å². The Hall–Kier alpha value is -1.46. The van der Waals surface area contributed by atoms with E-state index in [-0.39, 0.29) is 7.43 Å². The molecule has 5 heteroatoms. The highest BCUT2D eigenvalue weighted by molar-refractivity contribution is 7.08. The van der Waals surface area contributed by atoms with Crippen molar-refractivity contribution in [3.05, 3.63) is 44.8 Å². The average Bonchev–Trinajstić information content (AvgIpc) is 3.40. The molecule has 2 heterocycles. The maximum atomic E-state index is 11.3. The van der Waals surface area contributed by atoms with Gasteiger partial charge in [0, 0.05) is 28.3 Å². The number of carbonyl (C=O) groups is 1. The Balaban J connectivity index is 0.000000154. The molecule has 0 atom stereocenters. The fourth-order valence-electron chi connectivity index (χ4n) is 2.13. The SMILES string of the molecule is C.O/N=C(/c1ccsc1)C1CC1.O=C(c1ccsc1)C1CC1. The summed E-state index contributed by atoms with van der Waals surface area (Å²) in [5.74, 6) is 1.24. The highest BCUT2D eigenvalue weighted by atomic mass is 32.1. The molecule has 0 aliphatic heterocycles. The van der Waals surface area contributed by atoms with Gasteiger partial charge in [0.15, 0.2) is 5.78 Å². The first-order valence-electron chi connectivity index (χ1n) is 7.10.